The van der Waals surface area contributed by atoms with E-state index in [1.165, 1.54) is 0 Å². The second kappa shape index (κ2) is 8.29. The van der Waals surface area contributed by atoms with Gasteiger partial charge in [0, 0.05) is 18.7 Å². The van der Waals surface area contributed by atoms with Gasteiger partial charge in [-0.15, -0.1) is 0 Å². The molecule has 0 aliphatic rings. The van der Waals surface area contributed by atoms with Gasteiger partial charge in [-0.05, 0) is 31.2 Å². The van der Waals surface area contributed by atoms with Gasteiger partial charge in [-0.1, -0.05) is 19.1 Å². The summed E-state index contributed by atoms with van der Waals surface area (Å²) in [6, 6.07) is 7.21. The van der Waals surface area contributed by atoms with Gasteiger partial charge in [-0.25, -0.2) is 5.84 Å². The van der Waals surface area contributed by atoms with Gasteiger partial charge in [0.2, 0.25) is 5.91 Å². The van der Waals surface area contributed by atoms with E-state index in [9.17, 15) is 9.59 Å². The minimum atomic E-state index is -0.321. The molecule has 0 aromatic heterocycles. The van der Waals surface area contributed by atoms with Gasteiger partial charge < -0.3 is 5.32 Å². The van der Waals surface area contributed by atoms with Crippen LogP contribution in [0.5, 0.6) is 0 Å². The van der Waals surface area contributed by atoms with Gasteiger partial charge >= 0.3 is 0 Å². The molecule has 6 heteroatoms. The summed E-state index contributed by atoms with van der Waals surface area (Å²) >= 11 is 0. The zero-order valence-corrected chi connectivity index (χ0v) is 12.0. The molecule has 2 amide bonds. The Morgan fingerprint density at radius 1 is 1.30 bits per heavy atom. The molecular formula is C14H22N4O2. The number of nitrogens with one attached hydrogen (secondary N) is 2. The number of likely N-dealkylation sites (N-methyl/N-ethyl adjacent to an activating group) is 2. The molecule has 0 atom stereocenters. The summed E-state index contributed by atoms with van der Waals surface area (Å²) in [6.45, 7) is 6.22. The SMILES string of the molecule is CCNC(=O)CN(CC)Cc1cccc(C(=O)NN)c1. The first kappa shape index (κ1) is 16.1. The van der Waals surface area contributed by atoms with Crippen molar-refractivity contribution in [3.8, 4) is 0 Å². The van der Waals surface area contributed by atoms with Crippen LogP contribution in [0.3, 0.4) is 0 Å². The molecule has 0 spiro atoms. The molecule has 1 aromatic rings. The van der Waals surface area contributed by atoms with Gasteiger partial charge in [0.25, 0.3) is 5.91 Å². The van der Waals surface area contributed by atoms with Crippen LogP contribution in [0, 0.1) is 0 Å². The average Bonchev–Trinajstić information content (AvgIpc) is 2.46. The largest absolute Gasteiger partial charge is 0.355 e. The fourth-order valence-corrected chi connectivity index (χ4v) is 1.89. The highest BCUT2D eigenvalue weighted by Crippen LogP contribution is 2.08. The highest BCUT2D eigenvalue weighted by molar-refractivity contribution is 5.93. The van der Waals surface area contributed by atoms with E-state index in [1.54, 1.807) is 18.2 Å². The molecule has 0 fully saturated rings. The van der Waals surface area contributed by atoms with Gasteiger partial charge in [-0.2, -0.15) is 0 Å². The molecule has 1 aromatic carbocycles. The monoisotopic (exact) mass is 278 g/mol. The van der Waals surface area contributed by atoms with Gasteiger partial charge in [0.05, 0.1) is 6.54 Å². The summed E-state index contributed by atoms with van der Waals surface area (Å²) in [6.07, 6.45) is 0. The molecule has 0 bridgehead atoms. The van der Waals surface area contributed by atoms with Crippen LogP contribution in [0.4, 0.5) is 0 Å². The molecule has 1 rings (SSSR count). The molecule has 110 valence electrons. The molecule has 0 unspecified atom stereocenters. The number of carbonyl (C=O) groups is 2. The Kier molecular flexibility index (Phi) is 6.69. The van der Waals surface area contributed by atoms with Crippen molar-refractivity contribution in [2.45, 2.75) is 20.4 Å². The summed E-state index contributed by atoms with van der Waals surface area (Å²) in [5, 5.41) is 2.77. The van der Waals surface area contributed by atoms with Crippen molar-refractivity contribution in [3.63, 3.8) is 0 Å². The van der Waals surface area contributed by atoms with Crippen LogP contribution in [0.1, 0.15) is 29.8 Å². The maximum absolute atomic E-state index is 11.6. The summed E-state index contributed by atoms with van der Waals surface area (Å²) < 4.78 is 0. The lowest BCUT2D eigenvalue weighted by molar-refractivity contribution is -0.122. The van der Waals surface area contributed by atoms with E-state index in [0.29, 0.717) is 25.2 Å². The minimum absolute atomic E-state index is 0.00482. The number of hydrogen-bond donors (Lipinski definition) is 3. The Labute approximate surface area is 119 Å². The maximum Gasteiger partial charge on any atom is 0.265 e. The van der Waals surface area contributed by atoms with Crippen molar-refractivity contribution in [1.82, 2.24) is 15.6 Å². The third kappa shape index (κ3) is 4.99. The zero-order chi connectivity index (χ0) is 15.0. The Morgan fingerprint density at radius 2 is 2.05 bits per heavy atom. The van der Waals surface area contributed by atoms with E-state index in [2.05, 4.69) is 10.7 Å². The number of carbonyl (C=O) groups excluding carboxylic acids is 2. The molecule has 0 aliphatic heterocycles. The summed E-state index contributed by atoms with van der Waals surface area (Å²) in [4.78, 5) is 25.1. The van der Waals surface area contributed by atoms with E-state index in [-0.39, 0.29) is 11.8 Å². The van der Waals surface area contributed by atoms with E-state index >= 15 is 0 Å². The van der Waals surface area contributed by atoms with Crippen molar-refractivity contribution in [2.75, 3.05) is 19.6 Å². The highest BCUT2D eigenvalue weighted by atomic mass is 16.2. The number of nitrogens with zero attached hydrogens (tertiary/aromatic N) is 1. The number of amides is 2. The lowest BCUT2D eigenvalue weighted by Crippen LogP contribution is -2.36. The van der Waals surface area contributed by atoms with Crippen LogP contribution in [-0.2, 0) is 11.3 Å². The van der Waals surface area contributed by atoms with Crippen molar-refractivity contribution in [1.29, 1.82) is 0 Å². The van der Waals surface area contributed by atoms with Gasteiger partial charge in [0.1, 0.15) is 0 Å². The van der Waals surface area contributed by atoms with Crippen LogP contribution in [0.15, 0.2) is 24.3 Å². The topological polar surface area (TPSA) is 87.5 Å². The second-order valence-corrected chi connectivity index (χ2v) is 4.43. The molecule has 6 nitrogen and oxygen atoms in total. The fourth-order valence-electron chi connectivity index (χ4n) is 1.89. The predicted octanol–water partition coefficient (Wildman–Crippen LogP) is 0.248. The third-order valence-corrected chi connectivity index (χ3v) is 2.91. The van der Waals surface area contributed by atoms with Crippen molar-refractivity contribution < 1.29 is 9.59 Å². The molecule has 20 heavy (non-hydrogen) atoms. The highest BCUT2D eigenvalue weighted by Gasteiger charge is 2.10. The standard InChI is InChI=1S/C14H22N4O2/c1-3-16-13(19)10-18(4-2)9-11-6-5-7-12(8-11)14(20)17-15/h5-8H,3-4,9-10,15H2,1-2H3,(H,16,19)(H,17,20). The van der Waals surface area contributed by atoms with E-state index in [0.717, 1.165) is 12.1 Å². The van der Waals surface area contributed by atoms with E-state index in [1.807, 2.05) is 24.8 Å². The normalized spacial score (nSPS) is 10.4. The molecule has 0 radical (unpaired) electrons. The molecule has 4 N–H and O–H groups in total. The molecule has 0 saturated carbocycles. The molecule has 0 saturated heterocycles. The van der Waals surface area contributed by atoms with Crippen molar-refractivity contribution >= 4 is 11.8 Å². The minimum Gasteiger partial charge on any atom is -0.355 e. The fraction of sp³-hybridized carbons (Fsp3) is 0.429. The summed E-state index contributed by atoms with van der Waals surface area (Å²) in [7, 11) is 0. The van der Waals surface area contributed by atoms with Crippen LogP contribution >= 0.6 is 0 Å². The number of hydrogen-bond acceptors (Lipinski definition) is 4. The number of nitrogen functional groups attached to an aromatic ring is 1. The number of rotatable bonds is 7. The average molecular weight is 278 g/mol. The number of nitrogens with two attached hydrogens (primary N) is 1. The van der Waals surface area contributed by atoms with Crippen molar-refractivity contribution in [2.24, 2.45) is 5.84 Å². The van der Waals surface area contributed by atoms with Crippen LogP contribution in [-0.4, -0.2) is 36.3 Å². The Bertz CT molecular complexity index is 462. The summed E-state index contributed by atoms with van der Waals surface area (Å²) in [5.41, 5.74) is 3.59. The lowest BCUT2D eigenvalue weighted by Gasteiger charge is -2.20. The van der Waals surface area contributed by atoms with Gasteiger partial charge in [-0.3, -0.25) is 19.9 Å². The first-order valence-electron chi connectivity index (χ1n) is 6.69. The van der Waals surface area contributed by atoms with Gasteiger partial charge in [0.15, 0.2) is 0 Å². The maximum atomic E-state index is 11.6. The Morgan fingerprint density at radius 3 is 2.65 bits per heavy atom. The lowest BCUT2D eigenvalue weighted by atomic mass is 10.1. The smallest absolute Gasteiger partial charge is 0.265 e. The molecule has 0 aliphatic carbocycles. The zero-order valence-electron chi connectivity index (χ0n) is 12.0. The molecule has 0 heterocycles. The quantitative estimate of drug-likeness (QED) is 0.379. The number of benzene rings is 1. The first-order valence-corrected chi connectivity index (χ1v) is 6.69. The van der Waals surface area contributed by atoms with Crippen LogP contribution in [0.2, 0.25) is 0 Å². The molecular weight excluding hydrogens is 256 g/mol. The second-order valence-electron chi connectivity index (χ2n) is 4.43. The first-order chi connectivity index (χ1) is 9.60. The van der Waals surface area contributed by atoms with Crippen LogP contribution < -0.4 is 16.6 Å². The number of hydrazine groups is 1. The Balaban J connectivity index is 2.70. The Hall–Kier alpha value is -1.92. The summed E-state index contributed by atoms with van der Waals surface area (Å²) in [5.74, 6) is 4.80. The third-order valence-electron chi connectivity index (χ3n) is 2.91. The van der Waals surface area contributed by atoms with E-state index < -0.39 is 0 Å². The predicted molar refractivity (Wildman–Crippen MR) is 77.7 cm³/mol. The van der Waals surface area contributed by atoms with E-state index in [4.69, 9.17) is 5.84 Å². The van der Waals surface area contributed by atoms with Crippen LogP contribution in [0.25, 0.3) is 0 Å². The van der Waals surface area contributed by atoms with Crippen molar-refractivity contribution in [3.05, 3.63) is 35.4 Å².